The van der Waals surface area contributed by atoms with Crippen molar-refractivity contribution in [2.24, 2.45) is 0 Å². The SMILES string of the molecule is O=C(c1ccccc1C1NNNN1)N1CCCC(c2ncc[nH]2)C1. The van der Waals surface area contributed by atoms with Gasteiger partial charge in [-0.2, -0.15) is 11.1 Å². The molecule has 1 amide bonds. The van der Waals surface area contributed by atoms with Crippen LogP contribution in [0.4, 0.5) is 0 Å². The van der Waals surface area contributed by atoms with Crippen LogP contribution in [0, 0.1) is 0 Å². The molecular formula is C16H21N7O. The van der Waals surface area contributed by atoms with E-state index in [1.807, 2.05) is 35.4 Å². The van der Waals surface area contributed by atoms with Crippen LogP contribution >= 0.6 is 0 Å². The summed E-state index contributed by atoms with van der Waals surface area (Å²) in [5.41, 5.74) is 13.3. The van der Waals surface area contributed by atoms with Crippen LogP contribution in [0.1, 0.15) is 46.7 Å². The topological polar surface area (TPSA) is 97.1 Å². The summed E-state index contributed by atoms with van der Waals surface area (Å²) < 4.78 is 0. The highest BCUT2D eigenvalue weighted by Gasteiger charge is 2.29. The number of hydrogen-bond acceptors (Lipinski definition) is 6. The number of hydrogen-bond donors (Lipinski definition) is 5. The van der Waals surface area contributed by atoms with Gasteiger partial charge in [-0.15, -0.1) is 0 Å². The van der Waals surface area contributed by atoms with E-state index >= 15 is 0 Å². The minimum atomic E-state index is -0.157. The number of nitrogens with zero attached hydrogens (tertiary/aromatic N) is 2. The highest BCUT2D eigenvalue weighted by molar-refractivity contribution is 5.96. The summed E-state index contributed by atoms with van der Waals surface area (Å²) in [6.07, 6.45) is 5.49. The van der Waals surface area contributed by atoms with E-state index in [0.29, 0.717) is 12.1 Å². The number of amides is 1. The summed E-state index contributed by atoms with van der Waals surface area (Å²) in [6.45, 7) is 1.48. The summed E-state index contributed by atoms with van der Waals surface area (Å²) in [7, 11) is 0. The Balaban J connectivity index is 1.55. The standard InChI is InChI=1S/C16H21N7O/c24-16(13-6-2-1-5-12(13)15-19-21-22-20-15)23-9-3-4-11(10-23)14-17-7-8-18-14/h1-2,5-8,11,15,19-22H,3-4,9-10H2,(H,17,18). The van der Waals surface area contributed by atoms with Crippen molar-refractivity contribution in [3.05, 3.63) is 53.6 Å². The fraction of sp³-hybridized carbons (Fsp3) is 0.375. The maximum Gasteiger partial charge on any atom is 0.254 e. The highest BCUT2D eigenvalue weighted by Crippen LogP contribution is 2.27. The Kier molecular flexibility index (Phi) is 4.26. The number of aromatic amines is 1. The van der Waals surface area contributed by atoms with E-state index < -0.39 is 0 Å². The molecule has 24 heavy (non-hydrogen) atoms. The third kappa shape index (κ3) is 2.92. The molecule has 3 heterocycles. The summed E-state index contributed by atoms with van der Waals surface area (Å²) in [5.74, 6) is 1.31. The Bertz CT molecular complexity index is 696. The average Bonchev–Trinajstić information content (AvgIpc) is 3.35. The molecule has 126 valence electrons. The van der Waals surface area contributed by atoms with Gasteiger partial charge in [0.05, 0.1) is 0 Å². The molecule has 0 radical (unpaired) electrons. The molecule has 5 N–H and O–H groups in total. The fourth-order valence-electron chi connectivity index (χ4n) is 3.41. The van der Waals surface area contributed by atoms with Crippen molar-refractivity contribution in [3.63, 3.8) is 0 Å². The third-order valence-corrected chi connectivity index (χ3v) is 4.61. The third-order valence-electron chi connectivity index (χ3n) is 4.61. The van der Waals surface area contributed by atoms with Crippen molar-refractivity contribution in [1.29, 1.82) is 0 Å². The number of benzene rings is 1. The van der Waals surface area contributed by atoms with Crippen LogP contribution in [-0.4, -0.2) is 33.9 Å². The van der Waals surface area contributed by atoms with Gasteiger partial charge in [0.1, 0.15) is 12.0 Å². The summed E-state index contributed by atoms with van der Waals surface area (Å²) in [4.78, 5) is 22.6. The molecule has 2 aromatic rings. The Morgan fingerprint density at radius 1 is 1.21 bits per heavy atom. The molecule has 1 aromatic heterocycles. The lowest BCUT2D eigenvalue weighted by atomic mass is 9.95. The lowest BCUT2D eigenvalue weighted by Crippen LogP contribution is -2.40. The molecule has 1 unspecified atom stereocenters. The molecule has 2 aliphatic rings. The van der Waals surface area contributed by atoms with Gasteiger partial charge in [0.25, 0.3) is 5.91 Å². The molecule has 2 aliphatic heterocycles. The molecule has 4 rings (SSSR count). The number of piperidine rings is 1. The van der Waals surface area contributed by atoms with Gasteiger partial charge in [-0.25, -0.2) is 15.8 Å². The minimum Gasteiger partial charge on any atom is -0.348 e. The second-order valence-corrected chi connectivity index (χ2v) is 6.12. The van der Waals surface area contributed by atoms with Gasteiger partial charge in [0.2, 0.25) is 0 Å². The van der Waals surface area contributed by atoms with Crippen LogP contribution in [0.3, 0.4) is 0 Å². The lowest BCUT2D eigenvalue weighted by Gasteiger charge is -2.32. The summed E-state index contributed by atoms with van der Waals surface area (Å²) >= 11 is 0. The lowest BCUT2D eigenvalue weighted by molar-refractivity contribution is 0.0702. The van der Waals surface area contributed by atoms with E-state index in [1.54, 1.807) is 6.20 Å². The molecule has 8 heteroatoms. The Morgan fingerprint density at radius 3 is 2.83 bits per heavy atom. The summed E-state index contributed by atoms with van der Waals surface area (Å²) in [5, 5.41) is 0. The van der Waals surface area contributed by atoms with E-state index in [1.165, 1.54) is 0 Å². The first-order valence-electron chi connectivity index (χ1n) is 8.21. The fourth-order valence-corrected chi connectivity index (χ4v) is 3.41. The predicted molar refractivity (Wildman–Crippen MR) is 88.2 cm³/mol. The highest BCUT2D eigenvalue weighted by atomic mass is 16.2. The van der Waals surface area contributed by atoms with Crippen molar-refractivity contribution < 1.29 is 4.79 Å². The number of hydrazine groups is 3. The molecule has 2 saturated heterocycles. The van der Waals surface area contributed by atoms with E-state index in [0.717, 1.165) is 30.8 Å². The van der Waals surface area contributed by atoms with Gasteiger partial charge in [0, 0.05) is 37.0 Å². The Labute approximate surface area is 139 Å². The number of nitrogens with one attached hydrogen (secondary N) is 5. The number of imidazole rings is 1. The summed E-state index contributed by atoms with van der Waals surface area (Å²) in [6, 6.07) is 7.69. The van der Waals surface area contributed by atoms with Crippen molar-refractivity contribution in [2.45, 2.75) is 24.9 Å². The van der Waals surface area contributed by atoms with Crippen molar-refractivity contribution in [1.82, 2.24) is 36.8 Å². The smallest absolute Gasteiger partial charge is 0.254 e. The van der Waals surface area contributed by atoms with Crippen molar-refractivity contribution in [3.8, 4) is 0 Å². The van der Waals surface area contributed by atoms with Crippen molar-refractivity contribution in [2.75, 3.05) is 13.1 Å². The largest absolute Gasteiger partial charge is 0.348 e. The zero-order chi connectivity index (χ0) is 16.4. The number of rotatable bonds is 3. The first-order chi connectivity index (χ1) is 11.8. The van der Waals surface area contributed by atoms with Crippen molar-refractivity contribution >= 4 is 5.91 Å². The second-order valence-electron chi connectivity index (χ2n) is 6.12. The number of carbonyl (C=O) groups excluding carboxylic acids is 1. The zero-order valence-electron chi connectivity index (χ0n) is 13.2. The van der Waals surface area contributed by atoms with Crippen LogP contribution in [0.5, 0.6) is 0 Å². The maximum absolute atomic E-state index is 13.1. The van der Waals surface area contributed by atoms with Crippen LogP contribution in [0.25, 0.3) is 0 Å². The number of aromatic nitrogens is 2. The predicted octanol–water partition coefficient (Wildman–Crippen LogP) is 0.545. The number of likely N-dealkylation sites (tertiary alicyclic amines) is 1. The Morgan fingerprint density at radius 2 is 2.04 bits per heavy atom. The quantitative estimate of drug-likeness (QED) is 0.565. The van der Waals surface area contributed by atoms with Crippen LogP contribution < -0.4 is 21.9 Å². The monoisotopic (exact) mass is 327 g/mol. The molecule has 0 spiro atoms. The van der Waals surface area contributed by atoms with E-state index in [9.17, 15) is 4.79 Å². The maximum atomic E-state index is 13.1. The molecule has 1 aromatic carbocycles. The first kappa shape index (κ1) is 15.3. The van der Waals surface area contributed by atoms with Crippen LogP contribution in [0.15, 0.2) is 36.7 Å². The number of carbonyl (C=O) groups is 1. The van der Waals surface area contributed by atoms with Gasteiger partial charge in [-0.1, -0.05) is 18.2 Å². The van der Waals surface area contributed by atoms with E-state index in [4.69, 9.17) is 0 Å². The Hall–Kier alpha value is -2.26. The van der Waals surface area contributed by atoms with E-state index in [-0.39, 0.29) is 18.0 Å². The van der Waals surface area contributed by atoms with Crippen LogP contribution in [0.2, 0.25) is 0 Å². The van der Waals surface area contributed by atoms with Gasteiger partial charge < -0.3 is 9.88 Å². The minimum absolute atomic E-state index is 0.0670. The zero-order valence-corrected chi connectivity index (χ0v) is 13.2. The molecule has 0 aliphatic carbocycles. The molecule has 8 nitrogen and oxygen atoms in total. The molecule has 0 bridgehead atoms. The van der Waals surface area contributed by atoms with Gasteiger partial charge in [-0.3, -0.25) is 4.79 Å². The molecule has 1 atom stereocenters. The van der Waals surface area contributed by atoms with E-state index in [2.05, 4.69) is 31.9 Å². The average molecular weight is 327 g/mol. The van der Waals surface area contributed by atoms with Gasteiger partial charge in [0.15, 0.2) is 0 Å². The first-order valence-corrected chi connectivity index (χ1v) is 8.21. The number of H-pyrrole nitrogens is 1. The molecule has 0 saturated carbocycles. The van der Waals surface area contributed by atoms with Gasteiger partial charge in [-0.05, 0) is 24.5 Å². The van der Waals surface area contributed by atoms with Crippen LogP contribution in [-0.2, 0) is 0 Å². The molecular weight excluding hydrogens is 306 g/mol. The second kappa shape index (κ2) is 6.70. The molecule has 2 fully saturated rings. The van der Waals surface area contributed by atoms with Gasteiger partial charge >= 0.3 is 0 Å². The normalized spacial score (nSPS) is 22.0.